The van der Waals surface area contributed by atoms with Crippen LogP contribution in [-0.2, 0) is 4.74 Å². The molecule has 0 radical (unpaired) electrons. The molecule has 0 saturated carbocycles. The van der Waals surface area contributed by atoms with Gasteiger partial charge in [-0.1, -0.05) is 30.3 Å². The van der Waals surface area contributed by atoms with Gasteiger partial charge in [0.1, 0.15) is 30.0 Å². The van der Waals surface area contributed by atoms with Crippen LogP contribution >= 0.6 is 0 Å². The topological polar surface area (TPSA) is 96.8 Å². The molecule has 0 aliphatic carbocycles. The number of aromatic nitrogens is 2. The SMILES string of the molecule is C[C@H](Nc1nccc(N2C(=O)OCC2[C@@H](C)O)n1)c1ccc(Oc2ccccc2)cc1. The maximum atomic E-state index is 12.1. The van der Waals surface area contributed by atoms with E-state index in [-0.39, 0.29) is 12.6 Å². The van der Waals surface area contributed by atoms with Gasteiger partial charge in [0.2, 0.25) is 5.95 Å². The summed E-state index contributed by atoms with van der Waals surface area (Å²) in [4.78, 5) is 22.2. The Bertz CT molecular complexity index is 1030. The van der Waals surface area contributed by atoms with Gasteiger partial charge >= 0.3 is 6.09 Å². The molecule has 3 aromatic rings. The van der Waals surface area contributed by atoms with Crippen molar-refractivity contribution in [2.75, 3.05) is 16.8 Å². The van der Waals surface area contributed by atoms with Crippen molar-refractivity contribution in [2.24, 2.45) is 0 Å². The van der Waals surface area contributed by atoms with Gasteiger partial charge in [-0.15, -0.1) is 0 Å². The Morgan fingerprint density at radius 2 is 1.81 bits per heavy atom. The molecule has 4 rings (SSSR count). The van der Waals surface area contributed by atoms with Gasteiger partial charge in [0, 0.05) is 6.20 Å². The van der Waals surface area contributed by atoms with E-state index in [4.69, 9.17) is 9.47 Å². The van der Waals surface area contributed by atoms with Crippen molar-refractivity contribution in [3.05, 3.63) is 72.4 Å². The number of amides is 1. The summed E-state index contributed by atoms with van der Waals surface area (Å²) in [6.45, 7) is 3.73. The van der Waals surface area contributed by atoms with E-state index >= 15 is 0 Å². The minimum Gasteiger partial charge on any atom is -0.457 e. The van der Waals surface area contributed by atoms with Crippen LogP contribution in [0.25, 0.3) is 0 Å². The number of carbonyl (C=O) groups is 1. The Balaban J connectivity index is 1.44. The zero-order valence-electron chi connectivity index (χ0n) is 17.3. The van der Waals surface area contributed by atoms with Crippen LogP contribution in [0.3, 0.4) is 0 Å². The fraction of sp³-hybridized carbons (Fsp3) is 0.261. The lowest BCUT2D eigenvalue weighted by Crippen LogP contribution is -2.41. The molecular formula is C23H24N4O4. The number of aliphatic hydroxyl groups excluding tert-OH is 1. The third kappa shape index (κ3) is 4.75. The Hall–Kier alpha value is -3.65. The van der Waals surface area contributed by atoms with Gasteiger partial charge in [0.15, 0.2) is 0 Å². The van der Waals surface area contributed by atoms with E-state index in [0.29, 0.717) is 11.8 Å². The summed E-state index contributed by atoms with van der Waals surface area (Å²) >= 11 is 0. The molecule has 160 valence electrons. The molecule has 8 heteroatoms. The zero-order chi connectivity index (χ0) is 21.8. The average Bonchev–Trinajstić information content (AvgIpc) is 3.17. The third-order valence-electron chi connectivity index (χ3n) is 5.06. The molecule has 1 amide bonds. The molecule has 1 aromatic heterocycles. The first-order chi connectivity index (χ1) is 15.0. The maximum absolute atomic E-state index is 12.1. The highest BCUT2D eigenvalue weighted by molar-refractivity contribution is 5.89. The van der Waals surface area contributed by atoms with Gasteiger partial charge in [0.05, 0.1) is 12.1 Å². The first-order valence-electron chi connectivity index (χ1n) is 10.1. The smallest absolute Gasteiger partial charge is 0.416 e. The molecule has 0 spiro atoms. The Labute approximate surface area is 180 Å². The lowest BCUT2D eigenvalue weighted by Gasteiger charge is -2.23. The highest BCUT2D eigenvalue weighted by Gasteiger charge is 2.38. The van der Waals surface area contributed by atoms with Gasteiger partial charge in [-0.25, -0.2) is 9.78 Å². The maximum Gasteiger partial charge on any atom is 0.416 e. The molecule has 1 fully saturated rings. The summed E-state index contributed by atoms with van der Waals surface area (Å²) in [5.74, 6) is 2.28. The van der Waals surface area contributed by atoms with E-state index in [1.807, 2.05) is 61.5 Å². The molecule has 2 heterocycles. The van der Waals surface area contributed by atoms with Gasteiger partial charge in [-0.3, -0.25) is 4.90 Å². The van der Waals surface area contributed by atoms with Crippen molar-refractivity contribution < 1.29 is 19.4 Å². The first-order valence-corrected chi connectivity index (χ1v) is 10.1. The van der Waals surface area contributed by atoms with Gasteiger partial charge in [0.25, 0.3) is 0 Å². The summed E-state index contributed by atoms with van der Waals surface area (Å²) in [7, 11) is 0. The molecule has 1 aliphatic heterocycles. The quantitative estimate of drug-likeness (QED) is 0.593. The summed E-state index contributed by atoms with van der Waals surface area (Å²) in [5, 5.41) is 13.2. The van der Waals surface area contributed by atoms with E-state index in [0.717, 1.165) is 17.1 Å². The van der Waals surface area contributed by atoms with Crippen LogP contribution in [0.15, 0.2) is 66.9 Å². The Kier molecular flexibility index (Phi) is 5.99. The summed E-state index contributed by atoms with van der Waals surface area (Å²) < 4.78 is 10.9. The van der Waals surface area contributed by atoms with Crippen molar-refractivity contribution in [1.29, 1.82) is 0 Å². The van der Waals surface area contributed by atoms with E-state index in [1.165, 1.54) is 4.90 Å². The lowest BCUT2D eigenvalue weighted by atomic mass is 10.1. The fourth-order valence-corrected chi connectivity index (χ4v) is 3.33. The third-order valence-corrected chi connectivity index (χ3v) is 5.06. The number of benzene rings is 2. The second-order valence-corrected chi connectivity index (χ2v) is 7.34. The first kappa shape index (κ1) is 20.6. The molecular weight excluding hydrogens is 396 g/mol. The number of nitrogens with one attached hydrogen (secondary N) is 1. The molecule has 2 N–H and O–H groups in total. The zero-order valence-corrected chi connectivity index (χ0v) is 17.3. The summed E-state index contributed by atoms with van der Waals surface area (Å²) in [6, 6.07) is 18.4. The standard InChI is InChI=1S/C23H24N4O4/c1-15(17-8-10-19(11-9-17)31-18-6-4-3-5-7-18)25-22-24-13-12-21(26-22)27-20(16(2)28)14-30-23(27)29/h3-13,15-16,20,28H,14H2,1-2H3,(H,24,25,26)/t15-,16+,20?/m0/s1. The Morgan fingerprint density at radius 3 is 2.52 bits per heavy atom. The van der Waals surface area contributed by atoms with Crippen LogP contribution < -0.4 is 15.0 Å². The molecule has 8 nitrogen and oxygen atoms in total. The molecule has 1 saturated heterocycles. The molecule has 2 aromatic carbocycles. The number of ether oxygens (including phenoxy) is 2. The fourth-order valence-electron chi connectivity index (χ4n) is 3.33. The highest BCUT2D eigenvalue weighted by Crippen LogP contribution is 2.26. The number of hydrogen-bond donors (Lipinski definition) is 2. The number of rotatable bonds is 7. The predicted octanol–water partition coefficient (Wildman–Crippen LogP) is 4.15. The van der Waals surface area contributed by atoms with Gasteiger partial charge < -0.3 is 19.9 Å². The lowest BCUT2D eigenvalue weighted by molar-refractivity contribution is 0.142. The van der Waals surface area contributed by atoms with Crippen LogP contribution in [0, 0.1) is 0 Å². The van der Waals surface area contributed by atoms with E-state index < -0.39 is 18.2 Å². The van der Waals surface area contributed by atoms with Crippen LogP contribution in [0.1, 0.15) is 25.5 Å². The van der Waals surface area contributed by atoms with Crippen LogP contribution in [0.4, 0.5) is 16.6 Å². The predicted molar refractivity (Wildman–Crippen MR) is 116 cm³/mol. The van der Waals surface area contributed by atoms with Crippen molar-refractivity contribution >= 4 is 17.9 Å². The molecule has 1 unspecified atom stereocenters. The van der Waals surface area contributed by atoms with Crippen molar-refractivity contribution in [3.8, 4) is 11.5 Å². The van der Waals surface area contributed by atoms with Gasteiger partial charge in [-0.2, -0.15) is 4.98 Å². The van der Waals surface area contributed by atoms with Crippen molar-refractivity contribution in [1.82, 2.24) is 9.97 Å². The second kappa shape index (κ2) is 9.01. The van der Waals surface area contributed by atoms with Crippen LogP contribution in [-0.4, -0.2) is 39.9 Å². The minimum atomic E-state index is -0.742. The molecule has 1 aliphatic rings. The van der Waals surface area contributed by atoms with Gasteiger partial charge in [-0.05, 0) is 49.7 Å². The van der Waals surface area contributed by atoms with E-state index in [1.54, 1.807) is 19.2 Å². The molecule has 31 heavy (non-hydrogen) atoms. The number of cyclic esters (lactones) is 1. The average molecular weight is 420 g/mol. The van der Waals surface area contributed by atoms with Crippen LogP contribution in [0.2, 0.25) is 0 Å². The summed E-state index contributed by atoms with van der Waals surface area (Å²) in [6.07, 6.45) is 0.296. The number of hydrogen-bond acceptors (Lipinski definition) is 7. The number of anilines is 2. The normalized spacial score (nSPS) is 17.7. The van der Waals surface area contributed by atoms with E-state index in [2.05, 4.69) is 15.3 Å². The Morgan fingerprint density at radius 1 is 1.10 bits per heavy atom. The minimum absolute atomic E-state index is 0.0842. The largest absolute Gasteiger partial charge is 0.457 e. The van der Waals surface area contributed by atoms with Crippen molar-refractivity contribution in [3.63, 3.8) is 0 Å². The highest BCUT2D eigenvalue weighted by atomic mass is 16.6. The number of para-hydroxylation sites is 1. The monoisotopic (exact) mass is 420 g/mol. The van der Waals surface area contributed by atoms with E-state index in [9.17, 15) is 9.90 Å². The molecule has 3 atom stereocenters. The number of carbonyl (C=O) groups excluding carboxylic acids is 1. The van der Waals surface area contributed by atoms with Crippen molar-refractivity contribution in [2.45, 2.75) is 32.0 Å². The number of nitrogens with zero attached hydrogens (tertiary/aromatic N) is 3. The second-order valence-electron chi connectivity index (χ2n) is 7.34. The van der Waals surface area contributed by atoms with Crippen LogP contribution in [0.5, 0.6) is 11.5 Å². The summed E-state index contributed by atoms with van der Waals surface area (Å²) in [5.41, 5.74) is 1.02. The molecule has 0 bridgehead atoms. The number of aliphatic hydroxyl groups is 1.